The van der Waals surface area contributed by atoms with E-state index in [0.29, 0.717) is 47.8 Å². The number of amides is 1. The van der Waals surface area contributed by atoms with Crippen molar-refractivity contribution in [2.45, 2.75) is 19.9 Å². The van der Waals surface area contributed by atoms with Crippen molar-refractivity contribution in [2.75, 3.05) is 31.1 Å². The number of anilines is 1. The maximum Gasteiger partial charge on any atom is 0.275 e. The second-order valence-electron chi connectivity index (χ2n) is 7.34. The van der Waals surface area contributed by atoms with Crippen molar-refractivity contribution in [1.82, 2.24) is 19.7 Å². The van der Waals surface area contributed by atoms with E-state index in [0.717, 1.165) is 5.82 Å². The molecule has 1 amide bonds. The number of fused-ring (bicyclic) bond motifs is 1. The van der Waals surface area contributed by atoms with E-state index in [1.807, 2.05) is 32.0 Å². The molecule has 0 N–H and O–H groups in total. The molecule has 0 atom stereocenters. The van der Waals surface area contributed by atoms with Crippen LogP contribution in [-0.4, -0.2) is 51.8 Å². The number of carbonyl (C=O) groups is 1. The summed E-state index contributed by atoms with van der Waals surface area (Å²) in [6, 6.07) is 12.5. The Hall–Kier alpha value is -2.93. The van der Waals surface area contributed by atoms with E-state index in [2.05, 4.69) is 15.0 Å². The molecule has 1 saturated heterocycles. The van der Waals surface area contributed by atoms with Crippen LogP contribution in [0.25, 0.3) is 10.8 Å². The molecule has 0 unspecified atom stereocenters. The average molecular weight is 412 g/mol. The van der Waals surface area contributed by atoms with Crippen LogP contribution in [0, 0.1) is 0 Å². The summed E-state index contributed by atoms with van der Waals surface area (Å²) in [5.41, 5.74) is 0.146. The zero-order valence-corrected chi connectivity index (χ0v) is 17.1. The number of pyridine rings is 1. The molecule has 1 aliphatic heterocycles. The quantitative estimate of drug-likeness (QED) is 0.619. The van der Waals surface area contributed by atoms with Crippen molar-refractivity contribution in [3.8, 4) is 0 Å². The molecular weight excluding hydrogens is 390 g/mol. The molecule has 29 heavy (non-hydrogen) atoms. The van der Waals surface area contributed by atoms with E-state index in [-0.39, 0.29) is 17.5 Å². The van der Waals surface area contributed by atoms with Crippen LogP contribution in [0.3, 0.4) is 0 Å². The normalized spacial score (nSPS) is 14.6. The molecule has 3 heterocycles. The number of rotatable bonds is 3. The Labute approximate surface area is 173 Å². The maximum atomic E-state index is 13.3. The molecule has 0 bridgehead atoms. The summed E-state index contributed by atoms with van der Waals surface area (Å²) in [5, 5.41) is 6.00. The highest BCUT2D eigenvalue weighted by Gasteiger charge is 2.26. The van der Waals surface area contributed by atoms with Crippen molar-refractivity contribution in [2.24, 2.45) is 0 Å². The maximum absolute atomic E-state index is 13.3. The molecule has 0 aliphatic carbocycles. The standard InChI is InChI=1S/C21H22ClN5O2/c1-14(2)27-20(28)16-7-4-3-6-15(16)19(24-27)21(29)26-12-10-25(11-13-26)18-9-5-8-17(22)23-18/h3-9,14H,10-13H2,1-2H3. The van der Waals surface area contributed by atoms with E-state index in [9.17, 15) is 9.59 Å². The third kappa shape index (κ3) is 3.70. The monoisotopic (exact) mass is 411 g/mol. The van der Waals surface area contributed by atoms with E-state index >= 15 is 0 Å². The Morgan fingerprint density at radius 2 is 1.69 bits per heavy atom. The fraction of sp³-hybridized carbons (Fsp3) is 0.333. The first-order chi connectivity index (χ1) is 14.0. The molecule has 0 saturated carbocycles. The molecule has 150 valence electrons. The van der Waals surface area contributed by atoms with Crippen LogP contribution >= 0.6 is 11.6 Å². The zero-order chi connectivity index (χ0) is 20.5. The highest BCUT2D eigenvalue weighted by atomic mass is 35.5. The van der Waals surface area contributed by atoms with Crippen molar-refractivity contribution < 1.29 is 4.79 Å². The summed E-state index contributed by atoms with van der Waals surface area (Å²) in [6.07, 6.45) is 0. The van der Waals surface area contributed by atoms with Gasteiger partial charge in [0.1, 0.15) is 11.0 Å². The topological polar surface area (TPSA) is 71.3 Å². The second-order valence-corrected chi connectivity index (χ2v) is 7.72. The lowest BCUT2D eigenvalue weighted by molar-refractivity contribution is 0.0740. The molecule has 4 rings (SSSR count). The van der Waals surface area contributed by atoms with Gasteiger partial charge in [0.15, 0.2) is 5.69 Å². The number of hydrogen-bond acceptors (Lipinski definition) is 5. The van der Waals surface area contributed by atoms with Gasteiger partial charge in [-0.05, 0) is 32.0 Å². The average Bonchev–Trinajstić information content (AvgIpc) is 2.73. The Balaban J connectivity index is 1.62. The van der Waals surface area contributed by atoms with Gasteiger partial charge in [-0.3, -0.25) is 9.59 Å². The van der Waals surface area contributed by atoms with Crippen LogP contribution in [0.1, 0.15) is 30.4 Å². The largest absolute Gasteiger partial charge is 0.353 e. The van der Waals surface area contributed by atoms with Crippen molar-refractivity contribution in [3.05, 3.63) is 63.7 Å². The van der Waals surface area contributed by atoms with E-state index in [1.54, 1.807) is 29.2 Å². The minimum absolute atomic E-state index is 0.135. The molecule has 1 aliphatic rings. The SMILES string of the molecule is CC(C)n1nc(C(=O)N2CCN(c3cccc(Cl)n3)CC2)c2ccccc2c1=O. The predicted molar refractivity (Wildman–Crippen MR) is 114 cm³/mol. The smallest absolute Gasteiger partial charge is 0.275 e. The summed E-state index contributed by atoms with van der Waals surface area (Å²) >= 11 is 5.99. The van der Waals surface area contributed by atoms with Gasteiger partial charge in [-0.15, -0.1) is 0 Å². The number of aromatic nitrogens is 3. The predicted octanol–water partition coefficient (Wildman–Crippen LogP) is 2.99. The van der Waals surface area contributed by atoms with Crippen molar-refractivity contribution in [1.29, 1.82) is 0 Å². The van der Waals surface area contributed by atoms with Gasteiger partial charge in [-0.25, -0.2) is 9.67 Å². The van der Waals surface area contributed by atoms with Crippen molar-refractivity contribution in [3.63, 3.8) is 0 Å². The Bertz CT molecular complexity index is 1120. The minimum Gasteiger partial charge on any atom is -0.353 e. The van der Waals surface area contributed by atoms with Crippen LogP contribution in [0.15, 0.2) is 47.3 Å². The van der Waals surface area contributed by atoms with Gasteiger partial charge in [0.05, 0.1) is 11.4 Å². The second kappa shape index (κ2) is 7.83. The molecular formula is C21H22ClN5O2. The lowest BCUT2D eigenvalue weighted by Crippen LogP contribution is -2.49. The fourth-order valence-electron chi connectivity index (χ4n) is 3.58. The molecule has 0 radical (unpaired) electrons. The molecule has 1 fully saturated rings. The first kappa shape index (κ1) is 19.4. The zero-order valence-electron chi connectivity index (χ0n) is 16.4. The van der Waals surface area contributed by atoms with Crippen LogP contribution < -0.4 is 10.5 Å². The van der Waals surface area contributed by atoms with Crippen LogP contribution in [-0.2, 0) is 0 Å². The van der Waals surface area contributed by atoms with Gasteiger partial charge in [-0.1, -0.05) is 35.9 Å². The molecule has 0 spiro atoms. The molecule has 7 nitrogen and oxygen atoms in total. The van der Waals surface area contributed by atoms with Gasteiger partial charge in [0.2, 0.25) is 0 Å². The van der Waals surface area contributed by atoms with Gasteiger partial charge in [0, 0.05) is 31.6 Å². The molecule has 8 heteroatoms. The minimum atomic E-state index is -0.177. The first-order valence-electron chi connectivity index (χ1n) is 9.64. The number of nitrogens with zero attached hydrogens (tertiary/aromatic N) is 5. The van der Waals surface area contributed by atoms with Gasteiger partial charge in [0.25, 0.3) is 11.5 Å². The third-order valence-corrected chi connectivity index (χ3v) is 5.32. The molecule has 2 aromatic heterocycles. The fourth-order valence-corrected chi connectivity index (χ4v) is 3.74. The number of benzene rings is 1. The highest BCUT2D eigenvalue weighted by molar-refractivity contribution is 6.29. The third-order valence-electron chi connectivity index (χ3n) is 5.11. The van der Waals surface area contributed by atoms with Gasteiger partial charge < -0.3 is 9.80 Å². The van der Waals surface area contributed by atoms with Crippen LogP contribution in [0.5, 0.6) is 0 Å². The van der Waals surface area contributed by atoms with Gasteiger partial charge >= 0.3 is 0 Å². The lowest BCUT2D eigenvalue weighted by Gasteiger charge is -2.35. The van der Waals surface area contributed by atoms with Gasteiger partial charge in [-0.2, -0.15) is 5.10 Å². The summed E-state index contributed by atoms with van der Waals surface area (Å²) in [5.74, 6) is 0.649. The molecule has 1 aromatic carbocycles. The van der Waals surface area contributed by atoms with Crippen LogP contribution in [0.4, 0.5) is 5.82 Å². The molecule has 3 aromatic rings. The van der Waals surface area contributed by atoms with Crippen molar-refractivity contribution >= 4 is 34.1 Å². The number of piperazine rings is 1. The Morgan fingerprint density at radius 3 is 2.34 bits per heavy atom. The Morgan fingerprint density at radius 1 is 1.00 bits per heavy atom. The van der Waals surface area contributed by atoms with E-state index in [4.69, 9.17) is 11.6 Å². The summed E-state index contributed by atoms with van der Waals surface area (Å²) in [7, 11) is 0. The summed E-state index contributed by atoms with van der Waals surface area (Å²) in [4.78, 5) is 34.2. The Kier molecular flexibility index (Phi) is 5.24. The van der Waals surface area contributed by atoms with E-state index in [1.165, 1.54) is 4.68 Å². The summed E-state index contributed by atoms with van der Waals surface area (Å²) in [6.45, 7) is 6.16. The number of halogens is 1. The number of carbonyl (C=O) groups excluding carboxylic acids is 1. The summed E-state index contributed by atoms with van der Waals surface area (Å²) < 4.78 is 1.39. The van der Waals surface area contributed by atoms with Crippen LogP contribution in [0.2, 0.25) is 5.15 Å². The first-order valence-corrected chi connectivity index (χ1v) is 10.0. The lowest BCUT2D eigenvalue weighted by atomic mass is 10.1. The van der Waals surface area contributed by atoms with E-state index < -0.39 is 0 Å². The highest BCUT2D eigenvalue weighted by Crippen LogP contribution is 2.20. The number of hydrogen-bond donors (Lipinski definition) is 0.